The molecule has 0 aliphatic rings. The molecule has 3 nitrogen and oxygen atoms in total. The van der Waals surface area contributed by atoms with Crippen molar-refractivity contribution in [1.82, 2.24) is 9.97 Å². The summed E-state index contributed by atoms with van der Waals surface area (Å²) in [5, 5.41) is 1.66. The molecule has 0 amide bonds. The Morgan fingerprint density at radius 2 is 2.10 bits per heavy atom. The van der Waals surface area contributed by atoms with Crippen molar-refractivity contribution in [2.24, 2.45) is 0 Å². The quantitative estimate of drug-likeness (QED) is 0.776. The first kappa shape index (κ1) is 13.0. The average molecular weight is 286 g/mol. The van der Waals surface area contributed by atoms with E-state index < -0.39 is 0 Å². The van der Waals surface area contributed by atoms with Gasteiger partial charge in [0.05, 0.1) is 5.02 Å². The molecule has 102 valence electrons. The van der Waals surface area contributed by atoms with E-state index in [2.05, 4.69) is 59.2 Å². The van der Waals surface area contributed by atoms with Crippen LogP contribution in [0.25, 0.3) is 22.2 Å². The second kappa shape index (κ2) is 5.17. The van der Waals surface area contributed by atoms with Crippen molar-refractivity contribution in [3.63, 3.8) is 0 Å². The van der Waals surface area contributed by atoms with Gasteiger partial charge in [-0.1, -0.05) is 23.7 Å². The maximum Gasteiger partial charge on any atom is 0.138 e. The number of anilines is 1. The van der Waals surface area contributed by atoms with Gasteiger partial charge in [0.15, 0.2) is 0 Å². The van der Waals surface area contributed by atoms with Crippen LogP contribution in [0.3, 0.4) is 0 Å². The molecule has 0 radical (unpaired) electrons. The van der Waals surface area contributed by atoms with Crippen molar-refractivity contribution in [3.8, 4) is 11.1 Å². The number of benzene rings is 1. The van der Waals surface area contributed by atoms with Crippen LogP contribution in [0.15, 0.2) is 42.7 Å². The van der Waals surface area contributed by atoms with Crippen LogP contribution in [0, 0.1) is 0 Å². The number of rotatable bonds is 3. The van der Waals surface area contributed by atoms with E-state index in [1.807, 2.05) is 6.20 Å². The molecule has 0 fully saturated rings. The van der Waals surface area contributed by atoms with Gasteiger partial charge in [-0.2, -0.15) is 0 Å². The van der Waals surface area contributed by atoms with Crippen LogP contribution in [0.5, 0.6) is 0 Å². The Labute approximate surface area is 123 Å². The maximum atomic E-state index is 6.16. The number of aromatic amines is 1. The monoisotopic (exact) mass is 285 g/mol. The number of fused-ring (bicyclic) bond motifs is 1. The van der Waals surface area contributed by atoms with E-state index in [0.29, 0.717) is 5.02 Å². The summed E-state index contributed by atoms with van der Waals surface area (Å²) >= 11 is 6.16. The Morgan fingerprint density at radius 1 is 1.25 bits per heavy atom. The van der Waals surface area contributed by atoms with Gasteiger partial charge in [0, 0.05) is 42.6 Å². The minimum Gasteiger partial charge on any atom is -0.375 e. The molecule has 0 bridgehead atoms. The van der Waals surface area contributed by atoms with Gasteiger partial charge in [-0.25, -0.2) is 4.98 Å². The lowest BCUT2D eigenvalue weighted by Gasteiger charge is -2.17. The van der Waals surface area contributed by atoms with Gasteiger partial charge >= 0.3 is 0 Å². The SMILES string of the molecule is CCN(C)c1cccc(-c2cnc3[nH]cc(Cl)c3c2)c1. The highest BCUT2D eigenvalue weighted by atomic mass is 35.5. The van der Waals surface area contributed by atoms with Gasteiger partial charge < -0.3 is 9.88 Å². The van der Waals surface area contributed by atoms with Crippen molar-refractivity contribution in [3.05, 3.63) is 47.7 Å². The molecular weight excluding hydrogens is 270 g/mol. The minimum atomic E-state index is 0.705. The van der Waals surface area contributed by atoms with E-state index in [-0.39, 0.29) is 0 Å². The van der Waals surface area contributed by atoms with Gasteiger partial charge in [0.25, 0.3) is 0 Å². The van der Waals surface area contributed by atoms with Crippen molar-refractivity contribution >= 4 is 28.3 Å². The highest BCUT2D eigenvalue weighted by Crippen LogP contribution is 2.28. The molecule has 3 aromatic rings. The van der Waals surface area contributed by atoms with Gasteiger partial charge in [-0.3, -0.25) is 0 Å². The van der Waals surface area contributed by atoms with Crippen LogP contribution in [0.2, 0.25) is 5.02 Å². The second-order valence-corrected chi connectivity index (χ2v) is 5.23. The first-order valence-corrected chi connectivity index (χ1v) is 7.01. The summed E-state index contributed by atoms with van der Waals surface area (Å²) < 4.78 is 0. The van der Waals surface area contributed by atoms with Crippen LogP contribution < -0.4 is 4.90 Å². The molecule has 0 spiro atoms. The van der Waals surface area contributed by atoms with Crippen molar-refractivity contribution < 1.29 is 0 Å². The summed E-state index contributed by atoms with van der Waals surface area (Å²) in [4.78, 5) is 9.68. The van der Waals surface area contributed by atoms with Crippen LogP contribution >= 0.6 is 11.6 Å². The summed E-state index contributed by atoms with van der Waals surface area (Å²) in [5.41, 5.74) is 4.24. The normalized spacial score (nSPS) is 10.9. The minimum absolute atomic E-state index is 0.705. The van der Waals surface area contributed by atoms with Crippen LogP contribution in [0.4, 0.5) is 5.69 Å². The Kier molecular flexibility index (Phi) is 3.36. The molecule has 0 aliphatic heterocycles. The van der Waals surface area contributed by atoms with Crippen molar-refractivity contribution in [2.45, 2.75) is 6.92 Å². The fourth-order valence-electron chi connectivity index (χ4n) is 2.23. The largest absolute Gasteiger partial charge is 0.375 e. The molecular formula is C16H16ClN3. The number of nitrogens with one attached hydrogen (secondary N) is 1. The summed E-state index contributed by atoms with van der Waals surface area (Å²) in [6.07, 6.45) is 3.64. The zero-order chi connectivity index (χ0) is 14.1. The van der Waals surface area contributed by atoms with Crippen molar-refractivity contribution in [1.29, 1.82) is 0 Å². The number of aromatic nitrogens is 2. The Hall–Kier alpha value is -2.00. The molecule has 0 saturated carbocycles. The third kappa shape index (κ3) is 2.25. The molecule has 0 saturated heterocycles. The Bertz CT molecular complexity index is 748. The summed E-state index contributed by atoms with van der Waals surface area (Å²) in [6.45, 7) is 3.12. The standard InChI is InChI=1S/C16H16ClN3/c1-3-20(2)13-6-4-5-11(7-13)12-8-14-15(17)10-19-16(14)18-9-12/h4-10H,3H2,1-2H3,(H,18,19). The van der Waals surface area contributed by atoms with E-state index in [1.165, 1.54) is 5.69 Å². The predicted molar refractivity (Wildman–Crippen MR) is 85.5 cm³/mol. The van der Waals surface area contributed by atoms with Gasteiger partial charge in [-0.15, -0.1) is 0 Å². The lowest BCUT2D eigenvalue weighted by Crippen LogP contribution is -2.15. The van der Waals surface area contributed by atoms with E-state index in [1.54, 1.807) is 6.20 Å². The van der Waals surface area contributed by atoms with Crippen molar-refractivity contribution in [2.75, 3.05) is 18.5 Å². The topological polar surface area (TPSA) is 31.9 Å². The van der Waals surface area contributed by atoms with Crippen LogP contribution in [-0.2, 0) is 0 Å². The third-order valence-electron chi connectivity index (χ3n) is 3.58. The fourth-order valence-corrected chi connectivity index (χ4v) is 2.43. The third-order valence-corrected chi connectivity index (χ3v) is 3.89. The number of nitrogens with zero attached hydrogens (tertiary/aromatic N) is 2. The molecule has 0 unspecified atom stereocenters. The van der Waals surface area contributed by atoms with Crippen LogP contribution in [-0.4, -0.2) is 23.6 Å². The molecule has 3 rings (SSSR count). The maximum absolute atomic E-state index is 6.16. The Balaban J connectivity index is 2.08. The molecule has 2 aromatic heterocycles. The number of hydrogen-bond donors (Lipinski definition) is 1. The van der Waals surface area contributed by atoms with Gasteiger partial charge in [0.1, 0.15) is 5.65 Å². The molecule has 0 aliphatic carbocycles. The van der Waals surface area contributed by atoms with Crippen LogP contribution in [0.1, 0.15) is 6.92 Å². The fraction of sp³-hybridized carbons (Fsp3) is 0.188. The van der Waals surface area contributed by atoms with Gasteiger partial charge in [0.2, 0.25) is 0 Å². The number of halogens is 1. The molecule has 20 heavy (non-hydrogen) atoms. The molecule has 1 aromatic carbocycles. The zero-order valence-electron chi connectivity index (χ0n) is 11.5. The lowest BCUT2D eigenvalue weighted by atomic mass is 10.1. The molecule has 1 N–H and O–H groups in total. The smallest absolute Gasteiger partial charge is 0.138 e. The summed E-state index contributed by atoms with van der Waals surface area (Å²) in [7, 11) is 2.09. The molecule has 0 atom stereocenters. The number of pyridine rings is 1. The second-order valence-electron chi connectivity index (χ2n) is 4.82. The number of H-pyrrole nitrogens is 1. The average Bonchev–Trinajstić information content (AvgIpc) is 2.87. The highest BCUT2D eigenvalue weighted by molar-refractivity contribution is 6.35. The summed E-state index contributed by atoms with van der Waals surface area (Å²) in [5.74, 6) is 0. The number of hydrogen-bond acceptors (Lipinski definition) is 2. The van der Waals surface area contributed by atoms with E-state index in [9.17, 15) is 0 Å². The van der Waals surface area contributed by atoms with E-state index in [4.69, 9.17) is 11.6 Å². The Morgan fingerprint density at radius 3 is 2.90 bits per heavy atom. The lowest BCUT2D eigenvalue weighted by molar-refractivity contribution is 0.968. The summed E-state index contributed by atoms with van der Waals surface area (Å²) in [6, 6.07) is 10.5. The van der Waals surface area contributed by atoms with E-state index >= 15 is 0 Å². The first-order valence-electron chi connectivity index (χ1n) is 6.63. The highest BCUT2D eigenvalue weighted by Gasteiger charge is 2.07. The first-order chi connectivity index (χ1) is 9.69. The van der Waals surface area contributed by atoms with Gasteiger partial charge in [-0.05, 0) is 30.7 Å². The molecule has 4 heteroatoms. The van der Waals surface area contributed by atoms with E-state index in [0.717, 1.165) is 28.7 Å². The zero-order valence-corrected chi connectivity index (χ0v) is 12.3. The molecule has 2 heterocycles. The predicted octanol–water partition coefficient (Wildman–Crippen LogP) is 4.34.